The van der Waals surface area contributed by atoms with E-state index >= 15 is 0 Å². The van der Waals surface area contributed by atoms with Crippen LogP contribution >= 0.6 is 27.3 Å². The average molecular weight is 287 g/mol. The van der Waals surface area contributed by atoms with Gasteiger partial charge >= 0.3 is 0 Å². The van der Waals surface area contributed by atoms with Crippen LogP contribution in [0.5, 0.6) is 0 Å². The Morgan fingerprint density at radius 2 is 2.33 bits per heavy atom. The first-order valence-corrected chi connectivity index (χ1v) is 6.11. The minimum atomic E-state index is -0.639. The SMILES string of the molecule is Cc1sc(C(O)c2nccn2C)cc1Br. The highest BCUT2D eigenvalue weighted by molar-refractivity contribution is 9.10. The van der Waals surface area contributed by atoms with Crippen molar-refractivity contribution in [3.63, 3.8) is 0 Å². The summed E-state index contributed by atoms with van der Waals surface area (Å²) in [5.74, 6) is 0.670. The van der Waals surface area contributed by atoms with Crippen molar-refractivity contribution in [1.82, 2.24) is 9.55 Å². The summed E-state index contributed by atoms with van der Waals surface area (Å²) < 4.78 is 2.86. The first kappa shape index (κ1) is 10.9. The van der Waals surface area contributed by atoms with Crippen molar-refractivity contribution in [3.8, 4) is 0 Å². The minimum absolute atomic E-state index is 0.639. The third-order valence-corrected chi connectivity index (χ3v) is 4.44. The first-order valence-electron chi connectivity index (χ1n) is 4.50. The molecule has 0 fully saturated rings. The molecule has 0 radical (unpaired) electrons. The van der Waals surface area contributed by atoms with E-state index in [4.69, 9.17) is 0 Å². The predicted molar refractivity (Wildman–Crippen MR) is 64.0 cm³/mol. The maximum Gasteiger partial charge on any atom is 0.146 e. The summed E-state index contributed by atoms with van der Waals surface area (Å²) in [4.78, 5) is 6.21. The second-order valence-corrected chi connectivity index (χ2v) is 5.49. The van der Waals surface area contributed by atoms with E-state index < -0.39 is 6.10 Å². The second kappa shape index (κ2) is 4.08. The van der Waals surface area contributed by atoms with Crippen LogP contribution in [-0.4, -0.2) is 14.7 Å². The Kier molecular flexibility index (Phi) is 2.95. The zero-order valence-corrected chi connectivity index (χ0v) is 10.8. The largest absolute Gasteiger partial charge is 0.380 e. The van der Waals surface area contributed by atoms with Crippen LogP contribution in [0.2, 0.25) is 0 Å². The number of nitrogens with zero attached hydrogens (tertiary/aromatic N) is 2. The summed E-state index contributed by atoms with van der Waals surface area (Å²) in [7, 11) is 1.88. The van der Waals surface area contributed by atoms with Crippen LogP contribution in [0.1, 0.15) is 21.7 Å². The molecule has 0 aliphatic rings. The third kappa shape index (κ3) is 2.00. The van der Waals surface area contributed by atoms with E-state index in [1.165, 1.54) is 4.88 Å². The zero-order valence-electron chi connectivity index (χ0n) is 8.44. The van der Waals surface area contributed by atoms with Crippen molar-refractivity contribution in [3.05, 3.63) is 38.5 Å². The van der Waals surface area contributed by atoms with Crippen molar-refractivity contribution in [2.45, 2.75) is 13.0 Å². The Morgan fingerprint density at radius 3 is 2.80 bits per heavy atom. The normalized spacial score (nSPS) is 13.1. The predicted octanol–water partition coefficient (Wildman–Crippen LogP) is 2.63. The standard InChI is InChI=1S/C10H11BrN2OS/c1-6-7(11)5-8(15-6)9(14)10-12-3-4-13(10)2/h3-5,9,14H,1-2H3. The molecule has 80 valence electrons. The summed E-state index contributed by atoms with van der Waals surface area (Å²) in [6.45, 7) is 2.02. The smallest absolute Gasteiger partial charge is 0.146 e. The molecule has 0 saturated heterocycles. The molecule has 0 spiro atoms. The van der Waals surface area contributed by atoms with Crippen LogP contribution < -0.4 is 0 Å². The molecular formula is C10H11BrN2OS. The Balaban J connectivity index is 2.36. The van der Waals surface area contributed by atoms with Gasteiger partial charge in [0.25, 0.3) is 0 Å². The van der Waals surface area contributed by atoms with Gasteiger partial charge in [-0.05, 0) is 28.9 Å². The molecule has 2 rings (SSSR count). The zero-order chi connectivity index (χ0) is 11.0. The van der Waals surface area contributed by atoms with Crippen molar-refractivity contribution >= 4 is 27.3 Å². The number of thiophene rings is 1. The molecule has 15 heavy (non-hydrogen) atoms. The first-order chi connectivity index (χ1) is 7.09. The molecule has 0 aliphatic heterocycles. The number of halogens is 1. The quantitative estimate of drug-likeness (QED) is 0.922. The average Bonchev–Trinajstić information content (AvgIpc) is 2.74. The minimum Gasteiger partial charge on any atom is -0.380 e. The van der Waals surface area contributed by atoms with Crippen LogP contribution in [0.15, 0.2) is 22.9 Å². The topological polar surface area (TPSA) is 38.1 Å². The fraction of sp³-hybridized carbons (Fsp3) is 0.300. The van der Waals surface area contributed by atoms with Gasteiger partial charge in [0.1, 0.15) is 11.9 Å². The molecule has 0 aliphatic carbocycles. The summed E-state index contributed by atoms with van der Waals surface area (Å²) in [6, 6.07) is 1.94. The van der Waals surface area contributed by atoms with E-state index in [2.05, 4.69) is 20.9 Å². The highest BCUT2D eigenvalue weighted by Crippen LogP contribution is 2.32. The fourth-order valence-electron chi connectivity index (χ4n) is 1.38. The molecule has 1 N–H and O–H groups in total. The summed E-state index contributed by atoms with van der Waals surface area (Å²) in [5.41, 5.74) is 0. The van der Waals surface area contributed by atoms with Crippen LogP contribution in [0.25, 0.3) is 0 Å². The van der Waals surface area contributed by atoms with E-state index in [1.54, 1.807) is 17.5 Å². The number of aliphatic hydroxyl groups is 1. The van der Waals surface area contributed by atoms with Gasteiger partial charge in [0.15, 0.2) is 0 Å². The summed E-state index contributed by atoms with van der Waals surface area (Å²) in [5, 5.41) is 10.1. The highest BCUT2D eigenvalue weighted by Gasteiger charge is 2.17. The molecule has 0 amide bonds. The highest BCUT2D eigenvalue weighted by atomic mass is 79.9. The Morgan fingerprint density at radius 1 is 1.60 bits per heavy atom. The number of aromatic nitrogens is 2. The van der Waals surface area contributed by atoms with Gasteiger partial charge in [0.2, 0.25) is 0 Å². The lowest BCUT2D eigenvalue weighted by Crippen LogP contribution is -2.05. The van der Waals surface area contributed by atoms with Gasteiger partial charge in [-0.3, -0.25) is 0 Å². The monoisotopic (exact) mass is 286 g/mol. The molecule has 2 aromatic heterocycles. The molecule has 2 aromatic rings. The lowest BCUT2D eigenvalue weighted by molar-refractivity contribution is 0.210. The van der Waals surface area contributed by atoms with Gasteiger partial charge in [0.05, 0.1) is 0 Å². The lowest BCUT2D eigenvalue weighted by atomic mass is 10.3. The fourth-order valence-corrected chi connectivity index (χ4v) is 2.93. The van der Waals surface area contributed by atoms with E-state index in [0.29, 0.717) is 5.82 Å². The van der Waals surface area contributed by atoms with Crippen molar-refractivity contribution in [2.24, 2.45) is 7.05 Å². The van der Waals surface area contributed by atoms with Gasteiger partial charge in [-0.2, -0.15) is 0 Å². The van der Waals surface area contributed by atoms with Crippen LogP contribution in [0.4, 0.5) is 0 Å². The number of aliphatic hydroxyl groups excluding tert-OH is 1. The molecular weight excluding hydrogens is 276 g/mol. The molecule has 2 heterocycles. The van der Waals surface area contributed by atoms with Gasteiger partial charge in [-0.25, -0.2) is 4.98 Å². The van der Waals surface area contributed by atoms with Crippen LogP contribution in [0, 0.1) is 6.92 Å². The van der Waals surface area contributed by atoms with Crippen LogP contribution in [0.3, 0.4) is 0 Å². The Hall–Kier alpha value is -0.650. The number of imidazole rings is 1. The lowest BCUT2D eigenvalue weighted by Gasteiger charge is -2.07. The van der Waals surface area contributed by atoms with E-state index in [-0.39, 0.29) is 0 Å². The number of hydrogen-bond acceptors (Lipinski definition) is 3. The summed E-state index contributed by atoms with van der Waals surface area (Å²) in [6.07, 6.45) is 2.88. The van der Waals surface area contributed by atoms with Crippen molar-refractivity contribution < 1.29 is 5.11 Å². The van der Waals surface area contributed by atoms with Gasteiger partial charge in [-0.15, -0.1) is 11.3 Å². The molecule has 0 bridgehead atoms. The Bertz CT molecular complexity index is 458. The van der Waals surface area contributed by atoms with Gasteiger partial charge < -0.3 is 9.67 Å². The molecule has 0 aromatic carbocycles. The Labute approximate surface area is 101 Å². The second-order valence-electron chi connectivity index (χ2n) is 3.35. The molecule has 5 heteroatoms. The molecule has 1 unspecified atom stereocenters. The van der Waals surface area contributed by atoms with Crippen molar-refractivity contribution in [1.29, 1.82) is 0 Å². The van der Waals surface area contributed by atoms with E-state index in [0.717, 1.165) is 9.35 Å². The number of aryl methyl sites for hydroxylation is 2. The molecule has 3 nitrogen and oxygen atoms in total. The maximum atomic E-state index is 10.1. The van der Waals surface area contributed by atoms with E-state index in [9.17, 15) is 5.11 Å². The summed E-state index contributed by atoms with van der Waals surface area (Å²) >= 11 is 5.02. The van der Waals surface area contributed by atoms with E-state index in [1.807, 2.05) is 30.8 Å². The number of hydrogen-bond donors (Lipinski definition) is 1. The molecule has 1 atom stereocenters. The van der Waals surface area contributed by atoms with Crippen LogP contribution in [-0.2, 0) is 7.05 Å². The van der Waals surface area contributed by atoms with Gasteiger partial charge in [0, 0.05) is 33.7 Å². The maximum absolute atomic E-state index is 10.1. The van der Waals surface area contributed by atoms with Crippen molar-refractivity contribution in [2.75, 3.05) is 0 Å². The number of rotatable bonds is 2. The third-order valence-electron chi connectivity index (χ3n) is 2.25. The van der Waals surface area contributed by atoms with Gasteiger partial charge in [-0.1, -0.05) is 0 Å². The molecule has 0 saturated carbocycles.